The van der Waals surface area contributed by atoms with Crippen LogP contribution < -0.4 is 5.32 Å². The maximum Gasteiger partial charge on any atom is 0.111 e. The monoisotopic (exact) mass is 267 g/mol. The Hall–Kier alpha value is -0.910. The average Bonchev–Trinajstić information content (AvgIpc) is 3.00. The molecule has 5 nitrogen and oxygen atoms in total. The highest BCUT2D eigenvalue weighted by Crippen LogP contribution is 2.25. The van der Waals surface area contributed by atoms with Crippen molar-refractivity contribution in [3.63, 3.8) is 0 Å². The van der Waals surface area contributed by atoms with Gasteiger partial charge in [0.25, 0.3) is 0 Å². The Balaban J connectivity index is 1.95. The minimum Gasteiger partial charge on any atom is -0.378 e. The molecule has 1 saturated heterocycles. The van der Waals surface area contributed by atoms with E-state index < -0.39 is 0 Å². The van der Waals surface area contributed by atoms with Crippen LogP contribution in [-0.2, 0) is 22.6 Å². The average molecular weight is 267 g/mol. The Morgan fingerprint density at radius 1 is 1.58 bits per heavy atom. The lowest BCUT2D eigenvalue weighted by Crippen LogP contribution is -2.37. The molecule has 0 amide bonds. The predicted octanol–water partition coefficient (Wildman–Crippen LogP) is 1.43. The van der Waals surface area contributed by atoms with Gasteiger partial charge in [0.05, 0.1) is 25.2 Å². The van der Waals surface area contributed by atoms with Crippen molar-refractivity contribution in [1.82, 2.24) is 14.9 Å². The third-order valence-electron chi connectivity index (χ3n) is 3.62. The van der Waals surface area contributed by atoms with Gasteiger partial charge in [-0.1, -0.05) is 13.8 Å². The first-order chi connectivity index (χ1) is 9.15. The van der Waals surface area contributed by atoms with E-state index in [-0.39, 0.29) is 5.60 Å². The summed E-state index contributed by atoms with van der Waals surface area (Å²) in [5.74, 6) is 0.657. The predicted molar refractivity (Wildman–Crippen MR) is 73.9 cm³/mol. The zero-order chi connectivity index (χ0) is 13.7. The highest BCUT2D eigenvalue weighted by atomic mass is 16.5. The molecule has 5 heteroatoms. The highest BCUT2D eigenvalue weighted by molar-refractivity contribution is 5.00. The van der Waals surface area contributed by atoms with Crippen LogP contribution in [0.2, 0.25) is 0 Å². The van der Waals surface area contributed by atoms with E-state index in [4.69, 9.17) is 9.47 Å². The lowest BCUT2D eigenvalue weighted by molar-refractivity contribution is -0.0300. The van der Waals surface area contributed by atoms with E-state index in [0.29, 0.717) is 12.5 Å². The zero-order valence-corrected chi connectivity index (χ0v) is 12.2. The van der Waals surface area contributed by atoms with Crippen molar-refractivity contribution in [2.24, 2.45) is 5.92 Å². The summed E-state index contributed by atoms with van der Waals surface area (Å²) in [5.41, 5.74) is 1.01. The SMILES string of the molecule is COC1(Cn2cncc2CNCC(C)C)CCOC1. The summed E-state index contributed by atoms with van der Waals surface area (Å²) in [4.78, 5) is 4.25. The molecule has 1 atom stereocenters. The van der Waals surface area contributed by atoms with Gasteiger partial charge in [0.2, 0.25) is 0 Å². The molecule has 1 aromatic heterocycles. The van der Waals surface area contributed by atoms with Gasteiger partial charge in [-0.25, -0.2) is 4.98 Å². The Labute approximate surface area is 115 Å². The Morgan fingerprint density at radius 2 is 2.42 bits per heavy atom. The Morgan fingerprint density at radius 3 is 3.05 bits per heavy atom. The minimum atomic E-state index is -0.187. The molecule has 2 rings (SSSR count). The van der Waals surface area contributed by atoms with Gasteiger partial charge in [0, 0.05) is 32.9 Å². The van der Waals surface area contributed by atoms with E-state index in [0.717, 1.165) is 32.7 Å². The number of ether oxygens (including phenoxy) is 2. The quantitative estimate of drug-likeness (QED) is 0.812. The molecule has 0 bridgehead atoms. The second kappa shape index (κ2) is 6.50. The summed E-state index contributed by atoms with van der Waals surface area (Å²) in [5, 5.41) is 3.45. The first-order valence-electron chi connectivity index (χ1n) is 6.98. The fourth-order valence-corrected chi connectivity index (χ4v) is 2.38. The molecule has 19 heavy (non-hydrogen) atoms. The molecule has 0 spiro atoms. The summed E-state index contributed by atoms with van der Waals surface area (Å²) < 4.78 is 13.3. The van der Waals surface area contributed by atoms with Crippen LogP contribution in [0.15, 0.2) is 12.5 Å². The van der Waals surface area contributed by atoms with Gasteiger partial charge in [-0.3, -0.25) is 0 Å². The molecule has 1 aliphatic heterocycles. The molecule has 1 unspecified atom stereocenters. The molecular formula is C14H25N3O2. The Bertz CT molecular complexity index is 384. The van der Waals surface area contributed by atoms with Crippen molar-refractivity contribution >= 4 is 0 Å². The van der Waals surface area contributed by atoms with Gasteiger partial charge >= 0.3 is 0 Å². The second-order valence-corrected chi connectivity index (χ2v) is 5.73. The van der Waals surface area contributed by atoms with E-state index in [2.05, 4.69) is 28.7 Å². The van der Waals surface area contributed by atoms with Crippen molar-refractivity contribution in [3.8, 4) is 0 Å². The summed E-state index contributed by atoms with van der Waals surface area (Å²) in [6.45, 7) is 8.54. The maximum absolute atomic E-state index is 5.68. The van der Waals surface area contributed by atoms with Gasteiger partial charge in [-0.05, 0) is 12.5 Å². The van der Waals surface area contributed by atoms with Gasteiger partial charge in [-0.2, -0.15) is 0 Å². The van der Waals surface area contributed by atoms with Gasteiger partial charge < -0.3 is 19.4 Å². The maximum atomic E-state index is 5.68. The van der Waals surface area contributed by atoms with Crippen molar-refractivity contribution in [3.05, 3.63) is 18.2 Å². The van der Waals surface area contributed by atoms with Crippen LogP contribution in [0.5, 0.6) is 0 Å². The fraction of sp³-hybridized carbons (Fsp3) is 0.786. The first-order valence-corrected chi connectivity index (χ1v) is 6.98. The van der Waals surface area contributed by atoms with Crippen molar-refractivity contribution in [1.29, 1.82) is 0 Å². The summed E-state index contributed by atoms with van der Waals surface area (Å²) in [6.07, 6.45) is 4.75. The molecule has 108 valence electrons. The number of methoxy groups -OCH3 is 1. The van der Waals surface area contributed by atoms with Crippen LogP contribution in [0.1, 0.15) is 26.0 Å². The van der Waals surface area contributed by atoms with E-state index in [1.165, 1.54) is 5.69 Å². The number of hydrogen-bond acceptors (Lipinski definition) is 4. The van der Waals surface area contributed by atoms with Crippen LogP contribution in [-0.4, -0.2) is 42.0 Å². The minimum absolute atomic E-state index is 0.187. The van der Waals surface area contributed by atoms with Crippen LogP contribution >= 0.6 is 0 Å². The number of hydrogen-bond donors (Lipinski definition) is 1. The largest absolute Gasteiger partial charge is 0.378 e. The summed E-state index contributed by atoms with van der Waals surface area (Å²) in [6, 6.07) is 0. The number of nitrogens with one attached hydrogen (secondary N) is 1. The van der Waals surface area contributed by atoms with Gasteiger partial charge in [-0.15, -0.1) is 0 Å². The molecule has 2 heterocycles. The standard InChI is InChI=1S/C14H25N3O2/c1-12(2)6-15-7-13-8-16-11-17(13)9-14(18-3)4-5-19-10-14/h8,11-12,15H,4-7,9-10H2,1-3H3. The third kappa shape index (κ3) is 3.78. The molecule has 1 aromatic rings. The molecule has 0 radical (unpaired) electrons. The first kappa shape index (κ1) is 14.5. The second-order valence-electron chi connectivity index (χ2n) is 5.73. The topological polar surface area (TPSA) is 48.3 Å². The lowest BCUT2D eigenvalue weighted by atomic mass is 10.0. The fourth-order valence-electron chi connectivity index (χ4n) is 2.38. The van der Waals surface area contributed by atoms with Crippen molar-refractivity contribution in [2.45, 2.75) is 39.0 Å². The van der Waals surface area contributed by atoms with Crippen LogP contribution in [0, 0.1) is 5.92 Å². The van der Waals surface area contributed by atoms with Gasteiger partial charge in [0.1, 0.15) is 5.60 Å². The number of nitrogens with zero attached hydrogens (tertiary/aromatic N) is 2. The summed E-state index contributed by atoms with van der Waals surface area (Å²) >= 11 is 0. The third-order valence-corrected chi connectivity index (χ3v) is 3.62. The van der Waals surface area contributed by atoms with Crippen LogP contribution in [0.25, 0.3) is 0 Å². The van der Waals surface area contributed by atoms with Gasteiger partial charge in [0.15, 0.2) is 0 Å². The van der Waals surface area contributed by atoms with E-state index in [1.54, 1.807) is 7.11 Å². The van der Waals surface area contributed by atoms with Crippen molar-refractivity contribution in [2.75, 3.05) is 26.9 Å². The number of imidazole rings is 1. The molecular weight excluding hydrogens is 242 g/mol. The van der Waals surface area contributed by atoms with E-state index >= 15 is 0 Å². The van der Waals surface area contributed by atoms with E-state index in [9.17, 15) is 0 Å². The van der Waals surface area contributed by atoms with Crippen LogP contribution in [0.3, 0.4) is 0 Å². The molecule has 1 aliphatic rings. The Kier molecular flexibility index (Phi) is 4.96. The molecule has 0 aromatic carbocycles. The zero-order valence-electron chi connectivity index (χ0n) is 12.2. The van der Waals surface area contributed by atoms with E-state index in [1.807, 2.05) is 12.5 Å². The lowest BCUT2D eigenvalue weighted by Gasteiger charge is -2.27. The molecule has 0 saturated carbocycles. The molecule has 1 fully saturated rings. The molecule has 0 aliphatic carbocycles. The number of rotatable bonds is 7. The van der Waals surface area contributed by atoms with Crippen molar-refractivity contribution < 1.29 is 9.47 Å². The van der Waals surface area contributed by atoms with Crippen LogP contribution in [0.4, 0.5) is 0 Å². The molecule has 1 N–H and O–H groups in total. The highest BCUT2D eigenvalue weighted by Gasteiger charge is 2.35. The smallest absolute Gasteiger partial charge is 0.111 e. The summed E-state index contributed by atoms with van der Waals surface area (Å²) in [7, 11) is 1.77. The normalized spacial score (nSPS) is 23.4. The number of aromatic nitrogens is 2.